The summed E-state index contributed by atoms with van der Waals surface area (Å²) in [5.41, 5.74) is 1.25. The van der Waals surface area contributed by atoms with E-state index in [1.165, 1.54) is 6.07 Å². The second-order valence-corrected chi connectivity index (χ2v) is 5.69. The van der Waals surface area contributed by atoms with Gasteiger partial charge in [-0.2, -0.15) is 11.8 Å². The molecule has 0 amide bonds. The van der Waals surface area contributed by atoms with Gasteiger partial charge in [-0.3, -0.25) is 0 Å². The summed E-state index contributed by atoms with van der Waals surface area (Å²) >= 11 is 7.44. The Morgan fingerprint density at radius 3 is 3.00 bits per heavy atom. The summed E-state index contributed by atoms with van der Waals surface area (Å²) in [6.07, 6.45) is 0.0514. The molecule has 4 heteroatoms. The minimum atomic E-state index is -0.599. The van der Waals surface area contributed by atoms with Crippen LogP contribution in [0.3, 0.4) is 0 Å². The van der Waals surface area contributed by atoms with E-state index in [1.807, 2.05) is 6.92 Å². The molecule has 1 heterocycles. The minimum Gasteiger partial charge on any atom is -0.388 e. The highest BCUT2D eigenvalue weighted by Crippen LogP contribution is 2.37. The number of hydrogen-bond acceptors (Lipinski definition) is 2. The van der Waals surface area contributed by atoms with Gasteiger partial charge in [0.25, 0.3) is 0 Å². The van der Waals surface area contributed by atoms with E-state index < -0.39 is 6.10 Å². The molecule has 0 bridgehead atoms. The van der Waals surface area contributed by atoms with Gasteiger partial charge in [0.15, 0.2) is 0 Å². The van der Waals surface area contributed by atoms with Crippen molar-refractivity contribution in [3.8, 4) is 0 Å². The summed E-state index contributed by atoms with van der Waals surface area (Å²) in [6.45, 7) is 2.04. The maximum Gasteiger partial charge on any atom is 0.129 e. The van der Waals surface area contributed by atoms with Crippen LogP contribution in [0.1, 0.15) is 30.6 Å². The number of halogens is 2. The smallest absolute Gasteiger partial charge is 0.129 e. The van der Waals surface area contributed by atoms with E-state index in [1.54, 1.807) is 17.8 Å². The van der Waals surface area contributed by atoms with E-state index in [0.717, 1.165) is 0 Å². The number of rotatable bonds is 0. The van der Waals surface area contributed by atoms with Crippen LogP contribution in [0.5, 0.6) is 0 Å². The van der Waals surface area contributed by atoms with Crippen LogP contribution in [0.4, 0.5) is 4.39 Å². The summed E-state index contributed by atoms with van der Waals surface area (Å²) in [5, 5.41) is 10.6. The minimum absolute atomic E-state index is 0.307. The first-order valence-corrected chi connectivity index (χ1v) is 6.28. The molecule has 15 heavy (non-hydrogen) atoms. The Morgan fingerprint density at radius 2 is 2.27 bits per heavy atom. The first-order valence-electron chi connectivity index (χ1n) is 4.85. The monoisotopic (exact) mass is 246 g/mol. The van der Waals surface area contributed by atoms with Crippen molar-refractivity contribution < 1.29 is 9.50 Å². The van der Waals surface area contributed by atoms with E-state index in [9.17, 15) is 9.50 Å². The highest BCUT2D eigenvalue weighted by molar-refractivity contribution is 7.99. The third-order valence-electron chi connectivity index (χ3n) is 2.62. The predicted octanol–water partition coefficient (Wildman–Crippen LogP) is 3.54. The number of hydrogen-bond donors (Lipinski definition) is 1. The lowest BCUT2D eigenvalue weighted by molar-refractivity contribution is 0.168. The van der Waals surface area contributed by atoms with E-state index in [4.69, 9.17) is 11.6 Å². The first-order chi connectivity index (χ1) is 7.08. The second-order valence-electron chi connectivity index (χ2n) is 3.83. The molecule has 0 saturated carbocycles. The van der Waals surface area contributed by atoms with Crippen molar-refractivity contribution in [3.63, 3.8) is 0 Å². The standard InChI is InChI=1S/C11H12ClFOS/c1-6-2-11(14)8-3-7(12)4-10(13)9(8)5-15-6/h3-4,6,11,14H,2,5H2,1H3. The van der Waals surface area contributed by atoms with Crippen LogP contribution >= 0.6 is 23.4 Å². The molecule has 1 aliphatic rings. The third kappa shape index (κ3) is 2.30. The number of fused-ring (bicyclic) bond motifs is 1. The van der Waals surface area contributed by atoms with Crippen LogP contribution in [0.2, 0.25) is 5.02 Å². The fourth-order valence-electron chi connectivity index (χ4n) is 1.81. The summed E-state index contributed by atoms with van der Waals surface area (Å²) in [7, 11) is 0. The van der Waals surface area contributed by atoms with Crippen molar-refractivity contribution >= 4 is 23.4 Å². The molecule has 0 aromatic heterocycles. The summed E-state index contributed by atoms with van der Waals surface area (Å²) in [6, 6.07) is 2.98. The molecule has 2 unspecified atom stereocenters. The fourth-order valence-corrected chi connectivity index (χ4v) is 3.10. The van der Waals surface area contributed by atoms with Gasteiger partial charge in [-0.05, 0) is 24.1 Å². The molecule has 2 rings (SSSR count). The van der Waals surface area contributed by atoms with Crippen LogP contribution in [-0.4, -0.2) is 10.4 Å². The van der Waals surface area contributed by atoms with Crippen molar-refractivity contribution in [2.75, 3.05) is 0 Å². The van der Waals surface area contributed by atoms with Crippen molar-refractivity contribution in [1.29, 1.82) is 0 Å². The molecule has 0 saturated heterocycles. The average molecular weight is 247 g/mol. The lowest BCUT2D eigenvalue weighted by Crippen LogP contribution is -2.04. The van der Waals surface area contributed by atoms with Crippen molar-refractivity contribution in [1.82, 2.24) is 0 Å². The zero-order chi connectivity index (χ0) is 11.0. The Morgan fingerprint density at radius 1 is 1.53 bits per heavy atom. The quantitative estimate of drug-likeness (QED) is 0.756. The van der Waals surface area contributed by atoms with Gasteiger partial charge >= 0.3 is 0 Å². The number of aliphatic hydroxyl groups excluding tert-OH is 1. The maximum atomic E-state index is 13.6. The molecule has 1 nitrogen and oxygen atoms in total. The van der Waals surface area contributed by atoms with Crippen molar-refractivity contribution in [2.45, 2.75) is 30.5 Å². The predicted molar refractivity (Wildman–Crippen MR) is 61.7 cm³/mol. The fraction of sp³-hybridized carbons (Fsp3) is 0.455. The first kappa shape index (κ1) is 11.2. The average Bonchev–Trinajstić information content (AvgIpc) is 2.27. The van der Waals surface area contributed by atoms with Gasteiger partial charge in [-0.25, -0.2) is 4.39 Å². The zero-order valence-electron chi connectivity index (χ0n) is 8.34. The molecular weight excluding hydrogens is 235 g/mol. The van der Waals surface area contributed by atoms with Gasteiger partial charge in [-0.1, -0.05) is 18.5 Å². The largest absolute Gasteiger partial charge is 0.388 e. The lowest BCUT2D eigenvalue weighted by Gasteiger charge is -2.13. The normalized spacial score (nSPS) is 25.9. The Balaban J connectivity index is 2.48. The van der Waals surface area contributed by atoms with Gasteiger partial charge < -0.3 is 5.11 Å². The third-order valence-corrected chi connectivity index (χ3v) is 4.06. The highest BCUT2D eigenvalue weighted by Gasteiger charge is 2.23. The molecule has 1 aromatic carbocycles. The van der Waals surface area contributed by atoms with E-state index in [-0.39, 0.29) is 5.82 Å². The topological polar surface area (TPSA) is 20.2 Å². The van der Waals surface area contributed by atoms with Crippen LogP contribution in [-0.2, 0) is 5.75 Å². The van der Waals surface area contributed by atoms with Crippen LogP contribution < -0.4 is 0 Å². The second kappa shape index (κ2) is 4.32. The van der Waals surface area contributed by atoms with Gasteiger partial charge in [0.1, 0.15) is 5.82 Å². The molecule has 1 aromatic rings. The van der Waals surface area contributed by atoms with Gasteiger partial charge in [0.05, 0.1) is 6.10 Å². The highest BCUT2D eigenvalue weighted by atomic mass is 35.5. The Labute approximate surface area is 97.6 Å². The van der Waals surface area contributed by atoms with Crippen molar-refractivity contribution in [2.24, 2.45) is 0 Å². The molecule has 0 aliphatic carbocycles. The Bertz CT molecular complexity index is 383. The molecule has 82 valence electrons. The molecule has 0 fully saturated rings. The molecular formula is C11H12ClFOS. The van der Waals surface area contributed by atoms with Crippen LogP contribution in [0.15, 0.2) is 12.1 Å². The summed E-state index contributed by atoms with van der Waals surface area (Å²) in [4.78, 5) is 0. The summed E-state index contributed by atoms with van der Waals surface area (Å²) in [5.74, 6) is 0.300. The number of thioether (sulfide) groups is 1. The number of aliphatic hydroxyl groups is 1. The number of benzene rings is 1. The molecule has 1 aliphatic heterocycles. The molecule has 0 radical (unpaired) electrons. The molecule has 2 atom stereocenters. The zero-order valence-corrected chi connectivity index (χ0v) is 9.91. The summed E-state index contributed by atoms with van der Waals surface area (Å²) < 4.78 is 13.6. The van der Waals surface area contributed by atoms with Gasteiger partial charge in [0.2, 0.25) is 0 Å². The Kier molecular flexibility index (Phi) is 3.24. The van der Waals surface area contributed by atoms with Gasteiger partial charge in [-0.15, -0.1) is 0 Å². The van der Waals surface area contributed by atoms with Crippen LogP contribution in [0, 0.1) is 5.82 Å². The van der Waals surface area contributed by atoms with E-state index >= 15 is 0 Å². The SMILES string of the molecule is CC1CC(O)c2cc(Cl)cc(F)c2CS1. The van der Waals surface area contributed by atoms with Crippen LogP contribution in [0.25, 0.3) is 0 Å². The van der Waals surface area contributed by atoms with Crippen molar-refractivity contribution in [3.05, 3.63) is 34.1 Å². The maximum absolute atomic E-state index is 13.6. The lowest BCUT2D eigenvalue weighted by atomic mass is 10.00. The molecule has 1 N–H and O–H groups in total. The molecule has 0 spiro atoms. The van der Waals surface area contributed by atoms with E-state index in [2.05, 4.69) is 0 Å². The Hall–Kier alpha value is -0.250. The van der Waals surface area contributed by atoms with Gasteiger partial charge in [0, 0.05) is 21.6 Å². The van der Waals surface area contributed by atoms with E-state index in [0.29, 0.717) is 33.6 Å².